The van der Waals surface area contributed by atoms with Crippen LogP contribution in [0.5, 0.6) is 0 Å². The summed E-state index contributed by atoms with van der Waals surface area (Å²) < 4.78 is 0. The van der Waals surface area contributed by atoms with Crippen LogP contribution in [0.25, 0.3) is 33.4 Å². The second-order valence-electron chi connectivity index (χ2n) is 16.6. The Kier molecular flexibility index (Phi) is 11.4. The Bertz CT molecular complexity index is 2850. The molecule has 0 radical (unpaired) electrons. The van der Waals surface area contributed by atoms with Crippen molar-refractivity contribution in [2.75, 3.05) is 9.80 Å². The van der Waals surface area contributed by atoms with Crippen molar-refractivity contribution < 1.29 is 0 Å². The van der Waals surface area contributed by atoms with E-state index in [9.17, 15) is 0 Å². The van der Waals surface area contributed by atoms with Crippen LogP contribution in [-0.2, 0) is 6.42 Å². The maximum absolute atomic E-state index is 2.43. The number of hydrogen-bond acceptors (Lipinski definition) is 2. The van der Waals surface area contributed by atoms with Crippen LogP contribution in [0.2, 0.25) is 0 Å². The molecule has 0 saturated heterocycles. The summed E-state index contributed by atoms with van der Waals surface area (Å²) in [5, 5.41) is 0. The predicted octanol–water partition coefficient (Wildman–Crippen LogP) is 16.8. The van der Waals surface area contributed by atoms with E-state index in [2.05, 4.69) is 257 Å². The lowest BCUT2D eigenvalue weighted by Crippen LogP contribution is -2.10. The summed E-state index contributed by atoms with van der Waals surface area (Å²) in [5.74, 6) is 0. The highest BCUT2D eigenvalue weighted by molar-refractivity contribution is 5.90. The Balaban J connectivity index is 1.27. The second-order valence-corrected chi connectivity index (χ2v) is 16.6. The molecule has 0 spiro atoms. The van der Waals surface area contributed by atoms with Crippen molar-refractivity contribution in [2.24, 2.45) is 0 Å². The molecule has 0 atom stereocenters. The van der Waals surface area contributed by atoms with Crippen LogP contribution < -0.4 is 9.80 Å². The molecule has 0 aromatic heterocycles. The second kappa shape index (κ2) is 17.7. The summed E-state index contributed by atoms with van der Waals surface area (Å²) in [4.78, 5) is 4.74. The smallest absolute Gasteiger partial charge is 0.0467 e. The third-order valence-electron chi connectivity index (χ3n) is 11.9. The van der Waals surface area contributed by atoms with Gasteiger partial charge in [-0.3, -0.25) is 0 Å². The Morgan fingerprint density at radius 3 is 1.19 bits per heavy atom. The lowest BCUT2D eigenvalue weighted by Gasteiger charge is -2.27. The summed E-state index contributed by atoms with van der Waals surface area (Å²) >= 11 is 0. The van der Waals surface area contributed by atoms with Gasteiger partial charge >= 0.3 is 0 Å². The predicted molar refractivity (Wildman–Crippen MR) is 265 cm³/mol. The maximum atomic E-state index is 2.43. The lowest BCUT2D eigenvalue weighted by molar-refractivity contribution is 1.19. The van der Waals surface area contributed by atoms with Crippen LogP contribution in [0, 0.1) is 34.6 Å². The fourth-order valence-electron chi connectivity index (χ4n) is 8.51. The zero-order valence-electron chi connectivity index (χ0n) is 36.3. The van der Waals surface area contributed by atoms with E-state index >= 15 is 0 Å². The molecule has 0 aliphatic heterocycles. The summed E-state index contributed by atoms with van der Waals surface area (Å²) in [5.41, 5.74) is 22.7. The highest BCUT2D eigenvalue weighted by atomic mass is 15.1. The number of rotatable bonds is 11. The van der Waals surface area contributed by atoms with Crippen LogP contribution in [-0.4, -0.2) is 0 Å². The molecule has 0 heterocycles. The van der Waals surface area contributed by atoms with Gasteiger partial charge < -0.3 is 9.80 Å². The number of benzene rings is 9. The minimum Gasteiger partial charge on any atom is -0.310 e. The van der Waals surface area contributed by atoms with Gasteiger partial charge in [0, 0.05) is 34.1 Å². The molecular weight excluding hydrogens is 749 g/mol. The zero-order chi connectivity index (χ0) is 42.6. The van der Waals surface area contributed by atoms with Crippen molar-refractivity contribution in [1.82, 2.24) is 0 Å². The van der Waals surface area contributed by atoms with Crippen LogP contribution >= 0.6 is 0 Å². The van der Waals surface area contributed by atoms with Crippen molar-refractivity contribution in [2.45, 2.75) is 41.0 Å². The molecule has 0 bridgehead atoms. The third-order valence-corrected chi connectivity index (χ3v) is 11.9. The van der Waals surface area contributed by atoms with E-state index in [1.54, 1.807) is 0 Å². The monoisotopic (exact) mass is 800 g/mol. The summed E-state index contributed by atoms with van der Waals surface area (Å²) in [7, 11) is 0. The number of hydrogen-bond donors (Lipinski definition) is 0. The SMILES string of the molecule is Cc1ccc(N(c2ccc(C)cc2)c2cccc(-c3cc(-c4cccc(N(c5ccc(C)cc5)c5ccc(C)cc5)c4)c(Cc4ccccc4)c(-c4ccccc4C)c3)c2)cc1. The molecule has 0 N–H and O–H groups in total. The average molecular weight is 801 g/mol. The van der Waals surface area contributed by atoms with Crippen molar-refractivity contribution in [3.63, 3.8) is 0 Å². The van der Waals surface area contributed by atoms with Gasteiger partial charge in [0.2, 0.25) is 0 Å². The molecule has 9 aromatic carbocycles. The first kappa shape index (κ1) is 40.0. The molecule has 302 valence electrons. The molecule has 0 unspecified atom stereocenters. The highest BCUT2D eigenvalue weighted by Crippen LogP contribution is 2.44. The van der Waals surface area contributed by atoms with Crippen LogP contribution in [0.4, 0.5) is 34.1 Å². The first-order valence-electron chi connectivity index (χ1n) is 21.6. The minimum atomic E-state index is 0.790. The minimum absolute atomic E-state index is 0.790. The zero-order valence-corrected chi connectivity index (χ0v) is 36.3. The Morgan fingerprint density at radius 1 is 0.290 bits per heavy atom. The Morgan fingerprint density at radius 2 is 0.710 bits per heavy atom. The third kappa shape index (κ3) is 8.59. The molecule has 62 heavy (non-hydrogen) atoms. The van der Waals surface area contributed by atoms with Crippen LogP contribution in [0.15, 0.2) is 212 Å². The first-order valence-corrected chi connectivity index (χ1v) is 21.6. The van der Waals surface area contributed by atoms with E-state index in [-0.39, 0.29) is 0 Å². The summed E-state index contributed by atoms with van der Waals surface area (Å²) in [6, 6.07) is 78.1. The molecule has 0 aliphatic carbocycles. The molecule has 0 aliphatic rings. The van der Waals surface area contributed by atoms with Crippen molar-refractivity contribution in [3.05, 3.63) is 251 Å². The van der Waals surface area contributed by atoms with Crippen molar-refractivity contribution >= 4 is 34.1 Å². The summed E-state index contributed by atoms with van der Waals surface area (Å²) in [6.45, 7) is 10.8. The van der Waals surface area contributed by atoms with Gasteiger partial charge in [-0.15, -0.1) is 0 Å². The Hall–Kier alpha value is -7.42. The van der Waals surface area contributed by atoms with E-state index in [0.29, 0.717) is 0 Å². The molecule has 0 amide bonds. The number of anilines is 6. The van der Waals surface area contributed by atoms with Crippen LogP contribution in [0.1, 0.15) is 38.9 Å². The van der Waals surface area contributed by atoms with Gasteiger partial charge in [-0.1, -0.05) is 150 Å². The Labute approximate surface area is 368 Å². The largest absolute Gasteiger partial charge is 0.310 e. The number of aryl methyl sites for hydroxylation is 5. The first-order chi connectivity index (χ1) is 30.3. The van der Waals surface area contributed by atoms with E-state index in [4.69, 9.17) is 0 Å². The molecule has 0 saturated carbocycles. The van der Waals surface area contributed by atoms with Gasteiger partial charge in [-0.25, -0.2) is 0 Å². The molecule has 9 aromatic rings. The topological polar surface area (TPSA) is 6.48 Å². The quantitative estimate of drug-likeness (QED) is 0.129. The fourth-order valence-corrected chi connectivity index (χ4v) is 8.51. The normalized spacial score (nSPS) is 11.0. The van der Waals surface area contributed by atoms with E-state index in [0.717, 1.165) is 46.1 Å². The average Bonchev–Trinajstić information content (AvgIpc) is 3.30. The summed E-state index contributed by atoms with van der Waals surface area (Å²) in [6.07, 6.45) is 0.790. The fraction of sp³-hybridized carbons (Fsp3) is 0.100. The lowest BCUT2D eigenvalue weighted by atomic mass is 9.84. The van der Waals surface area contributed by atoms with Gasteiger partial charge in [-0.05, 0) is 176 Å². The van der Waals surface area contributed by atoms with Gasteiger partial charge in [0.25, 0.3) is 0 Å². The van der Waals surface area contributed by atoms with Crippen LogP contribution in [0.3, 0.4) is 0 Å². The maximum Gasteiger partial charge on any atom is 0.0467 e. The van der Waals surface area contributed by atoms with E-state index in [1.165, 1.54) is 66.8 Å². The van der Waals surface area contributed by atoms with Gasteiger partial charge in [0.1, 0.15) is 0 Å². The van der Waals surface area contributed by atoms with Crippen molar-refractivity contribution in [1.29, 1.82) is 0 Å². The molecule has 0 fully saturated rings. The highest BCUT2D eigenvalue weighted by Gasteiger charge is 2.21. The number of nitrogens with zero attached hydrogens (tertiary/aromatic N) is 2. The molecule has 2 heteroatoms. The molecular formula is C60H52N2. The van der Waals surface area contributed by atoms with Gasteiger partial charge in [-0.2, -0.15) is 0 Å². The van der Waals surface area contributed by atoms with Gasteiger partial charge in [0.05, 0.1) is 0 Å². The standard InChI is InChI=1S/C60H52N2/c1-42-21-29-51(30-22-42)61(52-31-23-43(2)24-32-52)55-18-11-16-48(38-55)50-40-58(59(37-47-14-7-6-8-15-47)60(41-50)57-20-10-9-13-46(57)5)49-17-12-19-56(39-49)62(53-33-25-44(3)26-34-53)54-35-27-45(4)28-36-54/h6-36,38-41H,37H2,1-5H3. The van der Waals surface area contributed by atoms with E-state index in [1.807, 2.05) is 0 Å². The van der Waals surface area contributed by atoms with Crippen molar-refractivity contribution in [3.8, 4) is 33.4 Å². The van der Waals surface area contributed by atoms with E-state index < -0.39 is 0 Å². The molecule has 2 nitrogen and oxygen atoms in total. The molecule has 9 rings (SSSR count). The van der Waals surface area contributed by atoms with Gasteiger partial charge in [0.15, 0.2) is 0 Å².